The maximum absolute atomic E-state index is 15.9. The van der Waals surface area contributed by atoms with Crippen LogP contribution in [0.15, 0.2) is 152 Å². The molecule has 2 unspecified atom stereocenters. The van der Waals surface area contributed by atoms with Crippen LogP contribution in [-0.2, 0) is 67.0 Å². The molecule has 0 aromatic heterocycles. The van der Waals surface area contributed by atoms with Crippen LogP contribution in [0.4, 0.5) is 4.39 Å². The van der Waals surface area contributed by atoms with Gasteiger partial charge in [0.15, 0.2) is 0 Å². The van der Waals surface area contributed by atoms with E-state index in [0.717, 1.165) is 35.1 Å². The third kappa shape index (κ3) is 11.4. The van der Waals surface area contributed by atoms with Crippen LogP contribution in [0, 0.1) is 11.1 Å². The number of methoxy groups -OCH3 is 3. The zero-order chi connectivity index (χ0) is 44.8. The topological polar surface area (TPSA) is 127 Å². The van der Waals surface area contributed by atoms with Crippen molar-refractivity contribution in [2.24, 2.45) is 0 Å². The van der Waals surface area contributed by atoms with E-state index in [9.17, 15) is 5.11 Å². The third-order valence-corrected chi connectivity index (χ3v) is 11.2. The Morgan fingerprint density at radius 3 is 1.53 bits per heavy atom. The fourth-order valence-electron chi connectivity index (χ4n) is 7.80. The zero-order valence-electron chi connectivity index (χ0n) is 36.2. The van der Waals surface area contributed by atoms with E-state index in [0.29, 0.717) is 22.8 Å². The van der Waals surface area contributed by atoms with E-state index in [2.05, 4.69) is 0 Å². The van der Waals surface area contributed by atoms with Crippen LogP contribution >= 0.6 is 0 Å². The molecule has 0 saturated carbocycles. The van der Waals surface area contributed by atoms with Crippen molar-refractivity contribution in [2.75, 3.05) is 34.5 Å². The molecular formula is C51H53BFNO10. The van der Waals surface area contributed by atoms with Crippen LogP contribution in [0.25, 0.3) is 0 Å². The number of benzene rings is 6. The summed E-state index contributed by atoms with van der Waals surface area (Å²) in [5.41, 5.74) is 2.98. The Hall–Kier alpha value is -5.93. The summed E-state index contributed by atoms with van der Waals surface area (Å²) in [5, 5.41) is 21.9. The van der Waals surface area contributed by atoms with Crippen LogP contribution in [-0.4, -0.2) is 70.8 Å². The molecule has 6 aromatic rings. The average molecular weight is 870 g/mol. The van der Waals surface area contributed by atoms with Crippen LogP contribution in [0.1, 0.15) is 38.9 Å². The minimum absolute atomic E-state index is 0.0362. The summed E-state index contributed by atoms with van der Waals surface area (Å²) in [7, 11) is 5.60. The Labute approximate surface area is 374 Å². The first-order valence-electron chi connectivity index (χ1n) is 21.0. The van der Waals surface area contributed by atoms with Crippen LogP contribution in [0.2, 0.25) is 0 Å². The van der Waals surface area contributed by atoms with Gasteiger partial charge in [-0.05, 0) is 0 Å². The van der Waals surface area contributed by atoms with E-state index in [1.807, 2.05) is 133 Å². The Morgan fingerprint density at radius 2 is 1.05 bits per heavy atom. The van der Waals surface area contributed by atoms with Crippen molar-refractivity contribution in [1.29, 1.82) is 5.31 Å². The predicted molar refractivity (Wildman–Crippen MR) is 239 cm³/mol. The molecule has 1 fully saturated rings. The number of rotatable bonds is 22. The van der Waals surface area contributed by atoms with Gasteiger partial charge in [-0.15, -0.1) is 0 Å². The second kappa shape index (κ2) is 22.1. The molecule has 2 N–H and O–H groups in total. The molecule has 0 radical (unpaired) electrons. The van der Waals surface area contributed by atoms with Gasteiger partial charge in [-0.2, -0.15) is 0 Å². The number of hydrogen-bond acceptors (Lipinski definition) is 11. The van der Waals surface area contributed by atoms with Crippen molar-refractivity contribution in [2.45, 2.75) is 62.5 Å². The summed E-state index contributed by atoms with van der Waals surface area (Å²) in [5.74, 6) is -0.771. The molecule has 1 heterocycles. The molecule has 13 heteroatoms. The standard InChI is InChI=1S/C51H53BFNO10/c1-56-43-21-14-36(15-22-43)28-41-29-42(20-27-46(41)53)51(55)49(62-33-38-12-8-5-9-13-38)47(61-32-37-10-6-4-7-11-37)48(63-52-54)50(64-51,34-59-30-39-16-23-44(57-2)24-17-39)35-60-31-40-18-25-45(58-3)26-19-40/h4-27,29,47-49,54-55H,28,30-35H2,1-3H3/t47-,48-,49?,51?/m0/s1. The predicted octanol–water partition coefficient (Wildman–Crippen LogP) is 8.73. The Balaban J connectivity index is 1.34. The number of nitrogens with one attached hydrogen (secondary N) is 1. The second-order valence-corrected chi connectivity index (χ2v) is 15.5. The van der Waals surface area contributed by atoms with Gasteiger partial charge in [-0.3, -0.25) is 0 Å². The van der Waals surface area contributed by atoms with E-state index >= 15 is 4.39 Å². The first kappa shape index (κ1) is 46.1. The number of ether oxygens (including phenoxy) is 8. The first-order valence-corrected chi connectivity index (χ1v) is 21.0. The molecule has 1 aliphatic rings. The summed E-state index contributed by atoms with van der Waals surface area (Å²) in [6, 6.07) is 45.7. The van der Waals surface area contributed by atoms with Crippen LogP contribution < -0.4 is 14.2 Å². The summed E-state index contributed by atoms with van der Waals surface area (Å²) in [6.07, 6.45) is -3.43. The molecule has 332 valence electrons. The van der Waals surface area contributed by atoms with Gasteiger partial charge >= 0.3 is 358 Å². The number of aliphatic hydroxyl groups is 1. The Bertz CT molecular complexity index is 2300. The van der Waals surface area contributed by atoms with Crippen molar-refractivity contribution in [3.63, 3.8) is 0 Å². The maximum atomic E-state index is 15.9. The van der Waals surface area contributed by atoms with Gasteiger partial charge in [-0.25, -0.2) is 0 Å². The van der Waals surface area contributed by atoms with Gasteiger partial charge in [0.2, 0.25) is 0 Å². The number of halogens is 1. The summed E-state index contributed by atoms with van der Waals surface area (Å²) in [6.45, 7) is -0.0383. The molecule has 0 spiro atoms. The molecule has 1 aliphatic heterocycles. The average Bonchev–Trinajstić information content (AvgIpc) is 3.33. The SMILES string of the molecule is COc1ccc(COCC2(COCc3ccc(OC)cc3)OC(O)(c3ccc(F)c(Cc4ccc(OC)cc4)c3)C(OCc3ccccc3)[C@@H](OCc3ccccc3)[C@@H]2OB=N)cc1. The van der Waals surface area contributed by atoms with E-state index in [1.54, 1.807) is 27.4 Å². The summed E-state index contributed by atoms with van der Waals surface area (Å²) >= 11 is 0. The molecule has 4 atom stereocenters. The molecule has 11 nitrogen and oxygen atoms in total. The second-order valence-electron chi connectivity index (χ2n) is 15.5. The normalized spacial score (nSPS) is 19.0. The molecule has 0 amide bonds. The van der Waals surface area contributed by atoms with Crippen molar-refractivity contribution in [3.05, 3.63) is 196 Å². The number of hydrogen-bond donors (Lipinski definition) is 2. The first-order chi connectivity index (χ1) is 31.2. The molecular weight excluding hydrogens is 816 g/mol. The van der Waals surface area contributed by atoms with E-state index < -0.39 is 35.5 Å². The Kier molecular flexibility index (Phi) is 15.9. The monoisotopic (exact) mass is 869 g/mol. The van der Waals surface area contributed by atoms with Gasteiger partial charge in [0.05, 0.1) is 7.11 Å². The van der Waals surface area contributed by atoms with Gasteiger partial charge < -0.3 is 4.74 Å². The Morgan fingerprint density at radius 1 is 0.578 bits per heavy atom. The van der Waals surface area contributed by atoms with Crippen LogP contribution in [0.3, 0.4) is 0 Å². The molecule has 6 aromatic carbocycles. The summed E-state index contributed by atoms with van der Waals surface area (Å²) < 4.78 is 71.9. The summed E-state index contributed by atoms with van der Waals surface area (Å²) in [4.78, 5) is 0. The fourth-order valence-corrected chi connectivity index (χ4v) is 7.80. The molecule has 1 saturated heterocycles. The molecule has 7 rings (SSSR count). The van der Waals surface area contributed by atoms with Gasteiger partial charge in [0.1, 0.15) is 5.75 Å². The minimum atomic E-state index is -2.35. The van der Waals surface area contributed by atoms with Gasteiger partial charge in [0, 0.05) is 0 Å². The van der Waals surface area contributed by atoms with E-state index in [1.165, 1.54) is 12.1 Å². The third-order valence-electron chi connectivity index (χ3n) is 11.2. The van der Waals surface area contributed by atoms with Crippen molar-refractivity contribution >= 4 is 7.27 Å². The van der Waals surface area contributed by atoms with Gasteiger partial charge in [0.25, 0.3) is 0 Å². The quantitative estimate of drug-likeness (QED) is 0.0640. The fraction of sp³-hybridized carbons (Fsp3) is 0.294. The molecule has 0 aliphatic carbocycles. The van der Waals surface area contributed by atoms with E-state index in [4.69, 9.17) is 47.9 Å². The molecule has 64 heavy (non-hydrogen) atoms. The van der Waals surface area contributed by atoms with E-state index in [-0.39, 0.29) is 51.6 Å². The van der Waals surface area contributed by atoms with Crippen molar-refractivity contribution in [1.82, 2.24) is 0 Å². The zero-order valence-corrected chi connectivity index (χ0v) is 36.2. The van der Waals surface area contributed by atoms with Crippen molar-refractivity contribution < 1.29 is 52.0 Å². The van der Waals surface area contributed by atoms with Crippen molar-refractivity contribution in [3.8, 4) is 17.2 Å². The van der Waals surface area contributed by atoms with Crippen LogP contribution in [0.5, 0.6) is 17.2 Å². The van der Waals surface area contributed by atoms with Gasteiger partial charge in [-0.1, -0.05) is 0 Å². The molecule has 0 bridgehead atoms.